The van der Waals surface area contributed by atoms with Crippen molar-refractivity contribution in [3.05, 3.63) is 76.9 Å². The standard InChI is InChI=1S/C27H29ClF3N5O3S2/c1-19(36-12-2-3-20-17-22(28)5-10-25(20)36)40(37)35-15-13-34(14-16-35)23-6-8-24(9-7-23)41(38,39)33-26-11-4-21(18-32-26)27(29,30)31/h4-11,17-19H,2-3,12-16H2,1H3,(H,32,33)/t19-,40?/m0/s1. The maximum Gasteiger partial charge on any atom is 0.417 e. The van der Waals surface area contributed by atoms with Gasteiger partial charge in [-0.05, 0) is 73.0 Å². The molecule has 2 aliphatic heterocycles. The first kappa shape index (κ1) is 29.8. The predicted octanol–water partition coefficient (Wildman–Crippen LogP) is 5.14. The third-order valence-electron chi connectivity index (χ3n) is 7.26. The lowest BCUT2D eigenvalue weighted by atomic mass is 10.0. The van der Waals surface area contributed by atoms with Gasteiger partial charge in [-0.3, -0.25) is 4.72 Å². The number of halogens is 4. The molecule has 5 rings (SSSR count). The fourth-order valence-corrected chi connectivity index (χ4v) is 7.67. The van der Waals surface area contributed by atoms with Crippen molar-refractivity contribution >= 4 is 50.2 Å². The van der Waals surface area contributed by atoms with Crippen molar-refractivity contribution in [2.75, 3.05) is 47.2 Å². The average Bonchev–Trinajstić information content (AvgIpc) is 2.95. The lowest BCUT2D eigenvalue weighted by Crippen LogP contribution is -2.54. The first-order valence-corrected chi connectivity index (χ1v) is 16.1. The van der Waals surface area contributed by atoms with E-state index in [-0.39, 0.29) is 16.1 Å². The van der Waals surface area contributed by atoms with Gasteiger partial charge in [0.2, 0.25) is 5.37 Å². The van der Waals surface area contributed by atoms with Crippen molar-refractivity contribution in [3.8, 4) is 0 Å². The van der Waals surface area contributed by atoms with E-state index in [2.05, 4.69) is 19.5 Å². The number of pyridine rings is 1. The SMILES string of the molecule is C[C@@H](N1CCCc2cc(Cl)ccc21)[S+]([O-])N1CCN(c2ccc(S(=O)(=O)Nc3ccc(C(F)(F)F)cn3)cc2)CC1. The zero-order chi connectivity index (χ0) is 29.4. The number of hydrogen-bond donors (Lipinski definition) is 1. The smallest absolute Gasteiger partial charge is 0.417 e. The van der Waals surface area contributed by atoms with Crippen LogP contribution in [0.3, 0.4) is 0 Å². The molecular weight excluding hydrogens is 599 g/mol. The molecule has 1 N–H and O–H groups in total. The minimum atomic E-state index is -4.56. The number of rotatable bonds is 7. The number of nitrogens with one attached hydrogen (secondary N) is 1. The zero-order valence-electron chi connectivity index (χ0n) is 22.1. The van der Waals surface area contributed by atoms with Gasteiger partial charge in [0.05, 0.1) is 34.9 Å². The minimum Gasteiger partial charge on any atom is -0.596 e. The summed E-state index contributed by atoms with van der Waals surface area (Å²) in [5.41, 5.74) is 2.11. The molecule has 0 bridgehead atoms. The highest BCUT2D eigenvalue weighted by Crippen LogP contribution is 2.33. The van der Waals surface area contributed by atoms with Gasteiger partial charge < -0.3 is 14.4 Å². The van der Waals surface area contributed by atoms with Gasteiger partial charge in [-0.25, -0.2) is 13.4 Å². The van der Waals surface area contributed by atoms with Crippen molar-refractivity contribution in [1.29, 1.82) is 0 Å². The third kappa shape index (κ3) is 6.69. The molecule has 8 nitrogen and oxygen atoms in total. The van der Waals surface area contributed by atoms with Gasteiger partial charge in [-0.2, -0.15) is 13.2 Å². The van der Waals surface area contributed by atoms with E-state index in [1.807, 2.05) is 29.4 Å². The molecule has 0 amide bonds. The molecule has 3 aromatic rings. The van der Waals surface area contributed by atoms with Gasteiger partial charge in [0, 0.05) is 49.2 Å². The molecule has 0 radical (unpaired) electrons. The Morgan fingerprint density at radius 1 is 1.02 bits per heavy atom. The van der Waals surface area contributed by atoms with Crippen LogP contribution in [0.1, 0.15) is 24.5 Å². The van der Waals surface area contributed by atoms with E-state index in [0.29, 0.717) is 37.4 Å². The summed E-state index contributed by atoms with van der Waals surface area (Å²) < 4.78 is 81.4. The molecule has 0 saturated carbocycles. The number of aromatic nitrogens is 1. The summed E-state index contributed by atoms with van der Waals surface area (Å²) in [5.74, 6) is -0.211. The summed E-state index contributed by atoms with van der Waals surface area (Å²) in [4.78, 5) is 7.82. The molecule has 14 heteroatoms. The molecule has 2 aliphatic rings. The Morgan fingerprint density at radius 2 is 1.73 bits per heavy atom. The van der Waals surface area contributed by atoms with Crippen molar-refractivity contribution in [1.82, 2.24) is 9.29 Å². The van der Waals surface area contributed by atoms with Gasteiger partial charge in [0.15, 0.2) is 0 Å². The normalized spacial score (nSPS) is 18.1. The molecule has 0 aliphatic carbocycles. The number of hydrogen-bond acceptors (Lipinski definition) is 7. The maximum absolute atomic E-state index is 13.5. The van der Waals surface area contributed by atoms with Crippen LogP contribution in [0.25, 0.3) is 0 Å². The van der Waals surface area contributed by atoms with Crippen molar-refractivity contribution in [2.45, 2.75) is 36.2 Å². The van der Waals surface area contributed by atoms with E-state index in [0.717, 1.165) is 42.9 Å². The fraction of sp³-hybridized carbons (Fsp3) is 0.370. The fourth-order valence-electron chi connectivity index (χ4n) is 5.08. The van der Waals surface area contributed by atoms with Crippen LogP contribution >= 0.6 is 11.6 Å². The topological polar surface area (TPSA) is 91.8 Å². The summed E-state index contributed by atoms with van der Waals surface area (Å²) in [7, 11) is -4.05. The molecular formula is C27H29ClF3N5O3S2. The molecule has 1 fully saturated rings. The van der Waals surface area contributed by atoms with Crippen molar-refractivity contribution in [2.24, 2.45) is 0 Å². The van der Waals surface area contributed by atoms with Gasteiger partial charge >= 0.3 is 6.18 Å². The number of fused-ring (bicyclic) bond motifs is 1. The van der Waals surface area contributed by atoms with E-state index in [9.17, 15) is 26.1 Å². The molecule has 3 heterocycles. The molecule has 220 valence electrons. The second-order valence-corrected chi connectivity index (χ2v) is 13.8. The first-order valence-electron chi connectivity index (χ1n) is 13.0. The van der Waals surface area contributed by atoms with Crippen LogP contribution in [-0.4, -0.2) is 60.4 Å². The molecule has 2 atom stereocenters. The molecule has 1 unspecified atom stereocenters. The number of benzene rings is 2. The minimum absolute atomic E-state index is 0.0420. The first-order chi connectivity index (χ1) is 19.4. The molecule has 1 aromatic heterocycles. The Balaban J connectivity index is 1.18. The highest BCUT2D eigenvalue weighted by molar-refractivity contribution is 7.92. The number of anilines is 3. The Bertz CT molecular complexity index is 1470. The van der Waals surface area contributed by atoms with Gasteiger partial charge in [-0.15, -0.1) is 4.31 Å². The Kier molecular flexibility index (Phi) is 8.63. The van der Waals surface area contributed by atoms with E-state index in [4.69, 9.17) is 11.6 Å². The van der Waals surface area contributed by atoms with Crippen LogP contribution in [0, 0.1) is 0 Å². The predicted molar refractivity (Wildman–Crippen MR) is 155 cm³/mol. The number of piperazine rings is 1. The van der Waals surface area contributed by atoms with Crippen molar-refractivity contribution < 1.29 is 26.1 Å². The van der Waals surface area contributed by atoms with E-state index in [1.54, 1.807) is 12.1 Å². The van der Waals surface area contributed by atoms with Crippen molar-refractivity contribution in [3.63, 3.8) is 0 Å². The third-order valence-corrected chi connectivity index (χ3v) is 10.6. The van der Waals surface area contributed by atoms with Gasteiger partial charge in [0.25, 0.3) is 10.0 Å². The highest BCUT2D eigenvalue weighted by atomic mass is 35.5. The Morgan fingerprint density at radius 3 is 2.37 bits per heavy atom. The second-order valence-electron chi connectivity index (χ2n) is 9.89. The molecule has 1 saturated heterocycles. The van der Waals surface area contributed by atoms with E-state index in [1.165, 1.54) is 17.7 Å². The van der Waals surface area contributed by atoms with Crippen LogP contribution in [0.15, 0.2) is 65.7 Å². The second kappa shape index (κ2) is 11.9. The van der Waals surface area contributed by atoms with Crippen LogP contribution in [0.4, 0.5) is 30.4 Å². The maximum atomic E-state index is 13.5. The molecule has 2 aromatic carbocycles. The largest absolute Gasteiger partial charge is 0.596 e. The number of sulfonamides is 1. The number of alkyl halides is 3. The highest BCUT2D eigenvalue weighted by Gasteiger charge is 2.35. The van der Waals surface area contributed by atoms with Crippen LogP contribution in [-0.2, 0) is 34.0 Å². The summed E-state index contributed by atoms with van der Waals surface area (Å²) >= 11 is 4.94. The quantitative estimate of drug-likeness (QED) is 0.363. The molecule has 0 spiro atoms. The summed E-state index contributed by atoms with van der Waals surface area (Å²) in [6, 6.07) is 13.8. The lowest BCUT2D eigenvalue weighted by molar-refractivity contribution is -0.137. The number of nitrogens with zero attached hydrogens (tertiary/aromatic N) is 4. The average molecular weight is 628 g/mol. The molecule has 41 heavy (non-hydrogen) atoms. The summed E-state index contributed by atoms with van der Waals surface area (Å²) in [5, 5.41) is 0.506. The van der Waals surface area contributed by atoms with Crippen LogP contribution in [0.5, 0.6) is 0 Å². The summed E-state index contributed by atoms with van der Waals surface area (Å²) in [6.45, 7) is 5.22. The Hall–Kier alpha value is -2.71. The van der Waals surface area contributed by atoms with E-state index >= 15 is 0 Å². The number of aryl methyl sites for hydroxylation is 1. The zero-order valence-corrected chi connectivity index (χ0v) is 24.5. The monoisotopic (exact) mass is 627 g/mol. The van der Waals surface area contributed by atoms with Crippen LogP contribution in [0.2, 0.25) is 5.02 Å². The van der Waals surface area contributed by atoms with E-state index < -0.39 is 33.1 Å². The van der Waals surface area contributed by atoms with Crippen LogP contribution < -0.4 is 14.5 Å². The Labute approximate surface area is 245 Å². The van der Waals surface area contributed by atoms with Gasteiger partial charge in [0.1, 0.15) is 5.82 Å². The van der Waals surface area contributed by atoms with Gasteiger partial charge in [-0.1, -0.05) is 11.6 Å². The lowest BCUT2D eigenvalue weighted by Gasteiger charge is -2.41. The summed E-state index contributed by atoms with van der Waals surface area (Å²) in [6.07, 6.45) is -2.05.